The van der Waals surface area contributed by atoms with E-state index in [4.69, 9.17) is 5.11 Å². The van der Waals surface area contributed by atoms with Crippen LogP contribution in [0.2, 0.25) is 0 Å². The standard InChI is InChI=1S/C14H16N2O3/c17-13(18)12-6-3-8-15(12)14(19)16-9-7-10-4-1-2-5-11(10)16/h1-2,4-5,12H,3,6-9H2,(H,17,18). The number of urea groups is 1. The number of hydrogen-bond acceptors (Lipinski definition) is 2. The molecule has 0 aromatic heterocycles. The van der Waals surface area contributed by atoms with E-state index in [0.717, 1.165) is 24.1 Å². The Bertz CT molecular complexity index is 529. The van der Waals surface area contributed by atoms with Crippen molar-refractivity contribution in [2.24, 2.45) is 0 Å². The van der Waals surface area contributed by atoms with Crippen LogP contribution >= 0.6 is 0 Å². The van der Waals surface area contributed by atoms with Gasteiger partial charge in [-0.2, -0.15) is 0 Å². The van der Waals surface area contributed by atoms with Crippen LogP contribution < -0.4 is 4.90 Å². The maximum absolute atomic E-state index is 12.5. The molecule has 5 heteroatoms. The van der Waals surface area contributed by atoms with Crippen molar-refractivity contribution < 1.29 is 14.7 Å². The number of fused-ring (bicyclic) bond motifs is 1. The van der Waals surface area contributed by atoms with Gasteiger partial charge >= 0.3 is 12.0 Å². The van der Waals surface area contributed by atoms with Crippen LogP contribution in [-0.2, 0) is 11.2 Å². The van der Waals surface area contributed by atoms with Crippen molar-refractivity contribution in [1.82, 2.24) is 4.90 Å². The lowest BCUT2D eigenvalue weighted by atomic mass is 10.2. The molecule has 0 radical (unpaired) electrons. The first-order valence-corrected chi connectivity index (χ1v) is 6.57. The van der Waals surface area contributed by atoms with Crippen LogP contribution in [0.15, 0.2) is 24.3 Å². The molecule has 2 aliphatic heterocycles. The number of amides is 2. The molecule has 2 aliphatic rings. The second-order valence-electron chi connectivity index (χ2n) is 5.00. The molecule has 0 spiro atoms. The highest BCUT2D eigenvalue weighted by Crippen LogP contribution is 2.30. The first-order valence-electron chi connectivity index (χ1n) is 6.57. The average Bonchev–Trinajstić information content (AvgIpc) is 3.05. The van der Waals surface area contributed by atoms with Crippen molar-refractivity contribution in [3.63, 3.8) is 0 Å². The highest BCUT2D eigenvalue weighted by atomic mass is 16.4. The van der Waals surface area contributed by atoms with Crippen LogP contribution in [0.5, 0.6) is 0 Å². The molecule has 0 aliphatic carbocycles. The summed E-state index contributed by atoms with van der Waals surface area (Å²) in [6, 6.07) is 6.97. The molecule has 0 saturated carbocycles. The number of nitrogens with zero attached hydrogens (tertiary/aromatic N) is 2. The summed E-state index contributed by atoms with van der Waals surface area (Å²) in [5.41, 5.74) is 2.07. The molecule has 5 nitrogen and oxygen atoms in total. The minimum atomic E-state index is -0.904. The SMILES string of the molecule is O=C(O)C1CCCN1C(=O)N1CCc2ccccc21. The number of carbonyl (C=O) groups is 2. The Hall–Kier alpha value is -2.04. The van der Waals surface area contributed by atoms with Crippen molar-refractivity contribution in [2.75, 3.05) is 18.0 Å². The van der Waals surface area contributed by atoms with E-state index in [0.29, 0.717) is 19.5 Å². The van der Waals surface area contributed by atoms with Gasteiger partial charge in [-0.1, -0.05) is 18.2 Å². The number of aliphatic carboxylic acids is 1. The zero-order valence-corrected chi connectivity index (χ0v) is 10.6. The van der Waals surface area contributed by atoms with Crippen LogP contribution in [0.25, 0.3) is 0 Å². The van der Waals surface area contributed by atoms with E-state index in [9.17, 15) is 9.59 Å². The fraction of sp³-hybridized carbons (Fsp3) is 0.429. The second kappa shape index (κ2) is 4.57. The van der Waals surface area contributed by atoms with Gasteiger partial charge in [0.25, 0.3) is 0 Å². The summed E-state index contributed by atoms with van der Waals surface area (Å²) in [6.07, 6.45) is 2.16. The third-order valence-electron chi connectivity index (χ3n) is 3.90. The predicted molar refractivity (Wildman–Crippen MR) is 70.3 cm³/mol. The summed E-state index contributed by atoms with van der Waals surface area (Å²) in [5, 5.41) is 9.16. The highest BCUT2D eigenvalue weighted by molar-refractivity contribution is 5.96. The largest absolute Gasteiger partial charge is 0.480 e. The van der Waals surface area contributed by atoms with E-state index in [1.54, 1.807) is 4.90 Å². The van der Waals surface area contributed by atoms with Crippen molar-refractivity contribution in [3.05, 3.63) is 29.8 Å². The van der Waals surface area contributed by atoms with E-state index < -0.39 is 12.0 Å². The summed E-state index contributed by atoms with van der Waals surface area (Å²) in [7, 11) is 0. The lowest BCUT2D eigenvalue weighted by molar-refractivity contribution is -0.141. The van der Waals surface area contributed by atoms with Gasteiger partial charge in [-0.05, 0) is 30.9 Å². The molecule has 100 valence electrons. The number of hydrogen-bond donors (Lipinski definition) is 1. The van der Waals surface area contributed by atoms with Crippen LogP contribution in [-0.4, -0.2) is 41.1 Å². The molecule has 1 atom stereocenters. The smallest absolute Gasteiger partial charge is 0.326 e. The first-order chi connectivity index (χ1) is 9.18. The van der Waals surface area contributed by atoms with Gasteiger partial charge in [-0.25, -0.2) is 9.59 Å². The van der Waals surface area contributed by atoms with Crippen LogP contribution in [0.4, 0.5) is 10.5 Å². The second-order valence-corrected chi connectivity index (χ2v) is 5.00. The van der Waals surface area contributed by atoms with Gasteiger partial charge in [0.05, 0.1) is 0 Å². The van der Waals surface area contributed by atoms with Gasteiger partial charge in [0.1, 0.15) is 6.04 Å². The topological polar surface area (TPSA) is 60.9 Å². The highest BCUT2D eigenvalue weighted by Gasteiger charge is 2.38. The van der Waals surface area contributed by atoms with Crippen molar-refractivity contribution in [3.8, 4) is 0 Å². The summed E-state index contributed by atoms with van der Waals surface area (Å²) in [5.74, 6) is -0.904. The molecule has 2 heterocycles. The summed E-state index contributed by atoms with van der Waals surface area (Å²) >= 11 is 0. The van der Waals surface area contributed by atoms with Gasteiger partial charge in [0.2, 0.25) is 0 Å². The Morgan fingerprint density at radius 3 is 2.79 bits per heavy atom. The molecular formula is C14H16N2O3. The molecule has 1 N–H and O–H groups in total. The average molecular weight is 260 g/mol. The minimum absolute atomic E-state index is 0.171. The quantitative estimate of drug-likeness (QED) is 0.836. The first kappa shape index (κ1) is 12.0. The van der Waals surface area contributed by atoms with E-state index in [1.165, 1.54) is 4.90 Å². The Labute approximate surface area is 111 Å². The molecule has 1 aromatic rings. The number of para-hydroxylation sites is 1. The number of benzene rings is 1. The minimum Gasteiger partial charge on any atom is -0.480 e. The molecule has 1 fully saturated rings. The molecule has 1 saturated heterocycles. The summed E-state index contributed by atoms with van der Waals surface area (Å²) < 4.78 is 0. The monoisotopic (exact) mass is 260 g/mol. The molecule has 3 rings (SSSR count). The van der Waals surface area contributed by atoms with Gasteiger partial charge in [0, 0.05) is 18.8 Å². The van der Waals surface area contributed by atoms with Crippen molar-refractivity contribution in [1.29, 1.82) is 0 Å². The van der Waals surface area contributed by atoms with Crippen LogP contribution in [0.1, 0.15) is 18.4 Å². The number of carboxylic acid groups (broad SMARTS) is 1. The lowest BCUT2D eigenvalue weighted by Gasteiger charge is -2.27. The zero-order valence-electron chi connectivity index (χ0n) is 10.6. The third kappa shape index (κ3) is 1.95. The van der Waals surface area contributed by atoms with Crippen molar-refractivity contribution >= 4 is 17.7 Å². The molecule has 1 unspecified atom stereocenters. The fourth-order valence-corrected chi connectivity index (χ4v) is 2.94. The predicted octanol–water partition coefficient (Wildman–Crippen LogP) is 1.72. The van der Waals surface area contributed by atoms with E-state index in [2.05, 4.69) is 0 Å². The summed E-state index contributed by atoms with van der Waals surface area (Å²) in [6.45, 7) is 1.18. The lowest BCUT2D eigenvalue weighted by Crippen LogP contribution is -2.47. The van der Waals surface area contributed by atoms with Gasteiger partial charge in [-0.3, -0.25) is 4.90 Å². The van der Waals surface area contributed by atoms with Gasteiger partial charge < -0.3 is 10.0 Å². The van der Waals surface area contributed by atoms with E-state index in [1.807, 2.05) is 24.3 Å². The Kier molecular flexibility index (Phi) is 2.89. The normalized spacial score (nSPS) is 21.6. The van der Waals surface area contributed by atoms with Gasteiger partial charge in [0.15, 0.2) is 0 Å². The number of likely N-dealkylation sites (tertiary alicyclic amines) is 1. The Balaban J connectivity index is 1.84. The van der Waals surface area contributed by atoms with Gasteiger partial charge in [-0.15, -0.1) is 0 Å². The van der Waals surface area contributed by atoms with E-state index in [-0.39, 0.29) is 6.03 Å². The summed E-state index contributed by atoms with van der Waals surface area (Å²) in [4.78, 5) is 26.9. The Morgan fingerprint density at radius 2 is 2.00 bits per heavy atom. The van der Waals surface area contributed by atoms with Crippen molar-refractivity contribution in [2.45, 2.75) is 25.3 Å². The molecule has 19 heavy (non-hydrogen) atoms. The molecular weight excluding hydrogens is 244 g/mol. The number of carboxylic acids is 1. The number of anilines is 1. The third-order valence-corrected chi connectivity index (χ3v) is 3.90. The maximum atomic E-state index is 12.5. The molecule has 2 amide bonds. The number of carbonyl (C=O) groups excluding carboxylic acids is 1. The zero-order chi connectivity index (χ0) is 13.4. The molecule has 0 bridgehead atoms. The Morgan fingerprint density at radius 1 is 1.21 bits per heavy atom. The van der Waals surface area contributed by atoms with Crippen LogP contribution in [0.3, 0.4) is 0 Å². The van der Waals surface area contributed by atoms with Crippen LogP contribution in [0, 0.1) is 0 Å². The number of rotatable bonds is 1. The van der Waals surface area contributed by atoms with E-state index >= 15 is 0 Å². The molecule has 1 aromatic carbocycles. The maximum Gasteiger partial charge on any atom is 0.326 e. The fourth-order valence-electron chi connectivity index (χ4n) is 2.94.